The van der Waals surface area contributed by atoms with E-state index in [4.69, 9.17) is 4.74 Å². The SMILES string of the molecule is CN=C(NCCCOc1ccccc1C)N1CCN(c2ncccn2)CC1. The third-order valence-electron chi connectivity index (χ3n) is 4.58. The molecule has 0 saturated carbocycles. The van der Waals surface area contributed by atoms with Gasteiger partial charge in [-0.2, -0.15) is 0 Å². The van der Waals surface area contributed by atoms with Gasteiger partial charge in [-0.05, 0) is 31.0 Å². The zero-order valence-electron chi connectivity index (χ0n) is 16.1. The minimum absolute atomic E-state index is 0.688. The molecule has 3 rings (SSSR count). The Hall–Kier alpha value is -2.83. The number of piperazine rings is 1. The van der Waals surface area contributed by atoms with Crippen LogP contribution in [0.15, 0.2) is 47.7 Å². The number of hydrogen-bond donors (Lipinski definition) is 1. The highest BCUT2D eigenvalue weighted by Gasteiger charge is 2.20. The molecule has 1 aliphatic rings. The first-order chi connectivity index (χ1) is 13.3. The molecule has 1 N–H and O–H groups in total. The fourth-order valence-corrected chi connectivity index (χ4v) is 3.08. The quantitative estimate of drug-likeness (QED) is 0.478. The van der Waals surface area contributed by atoms with Crippen LogP contribution in [-0.4, -0.2) is 67.2 Å². The molecule has 2 aromatic rings. The fourth-order valence-electron chi connectivity index (χ4n) is 3.08. The third kappa shape index (κ3) is 5.32. The molecule has 7 heteroatoms. The van der Waals surface area contributed by atoms with Crippen molar-refractivity contribution in [2.24, 2.45) is 4.99 Å². The summed E-state index contributed by atoms with van der Waals surface area (Å²) < 4.78 is 5.85. The molecule has 1 aliphatic heterocycles. The molecule has 0 bridgehead atoms. The molecule has 0 spiro atoms. The summed E-state index contributed by atoms with van der Waals surface area (Å²) in [4.78, 5) is 17.6. The van der Waals surface area contributed by atoms with E-state index in [1.807, 2.05) is 31.3 Å². The first-order valence-corrected chi connectivity index (χ1v) is 9.44. The summed E-state index contributed by atoms with van der Waals surface area (Å²) in [6, 6.07) is 9.95. The van der Waals surface area contributed by atoms with Gasteiger partial charge in [0.2, 0.25) is 5.95 Å². The van der Waals surface area contributed by atoms with Gasteiger partial charge in [0, 0.05) is 52.2 Å². The summed E-state index contributed by atoms with van der Waals surface area (Å²) in [5, 5.41) is 3.44. The van der Waals surface area contributed by atoms with E-state index in [1.54, 1.807) is 12.4 Å². The lowest BCUT2D eigenvalue weighted by molar-refractivity contribution is 0.307. The van der Waals surface area contributed by atoms with Gasteiger partial charge >= 0.3 is 0 Å². The molecule has 144 valence electrons. The second kappa shape index (κ2) is 9.75. The Morgan fingerprint density at radius 2 is 1.85 bits per heavy atom. The van der Waals surface area contributed by atoms with Crippen molar-refractivity contribution in [3.05, 3.63) is 48.3 Å². The Morgan fingerprint density at radius 3 is 2.56 bits per heavy atom. The van der Waals surface area contributed by atoms with E-state index in [-0.39, 0.29) is 0 Å². The average molecular weight is 368 g/mol. The zero-order valence-corrected chi connectivity index (χ0v) is 16.1. The molecule has 2 heterocycles. The normalized spacial score (nSPS) is 15.0. The topological polar surface area (TPSA) is 65.9 Å². The highest BCUT2D eigenvalue weighted by molar-refractivity contribution is 5.80. The van der Waals surface area contributed by atoms with E-state index in [2.05, 4.69) is 43.1 Å². The number of nitrogens with one attached hydrogen (secondary N) is 1. The van der Waals surface area contributed by atoms with Gasteiger partial charge in [-0.25, -0.2) is 9.97 Å². The average Bonchev–Trinajstić information content (AvgIpc) is 2.73. The largest absolute Gasteiger partial charge is 0.493 e. The smallest absolute Gasteiger partial charge is 0.225 e. The molecule has 0 amide bonds. The Labute approximate surface area is 161 Å². The molecule has 0 radical (unpaired) electrons. The number of hydrogen-bond acceptors (Lipinski definition) is 5. The van der Waals surface area contributed by atoms with E-state index in [1.165, 1.54) is 5.56 Å². The number of nitrogens with zero attached hydrogens (tertiary/aromatic N) is 5. The van der Waals surface area contributed by atoms with E-state index in [0.29, 0.717) is 6.61 Å². The van der Waals surface area contributed by atoms with Crippen LogP contribution in [0, 0.1) is 6.92 Å². The first-order valence-electron chi connectivity index (χ1n) is 9.44. The van der Waals surface area contributed by atoms with Crippen molar-refractivity contribution in [1.29, 1.82) is 0 Å². The number of aryl methyl sites for hydroxylation is 1. The second-order valence-electron chi connectivity index (χ2n) is 6.46. The molecule has 0 atom stereocenters. The van der Waals surface area contributed by atoms with Crippen molar-refractivity contribution in [2.75, 3.05) is 51.3 Å². The third-order valence-corrected chi connectivity index (χ3v) is 4.58. The van der Waals surface area contributed by atoms with Gasteiger partial charge in [0.05, 0.1) is 6.61 Å². The molecule has 1 aromatic heterocycles. The maximum Gasteiger partial charge on any atom is 0.225 e. The van der Waals surface area contributed by atoms with Crippen LogP contribution in [0.3, 0.4) is 0 Å². The number of anilines is 1. The fraction of sp³-hybridized carbons (Fsp3) is 0.450. The zero-order chi connectivity index (χ0) is 18.9. The van der Waals surface area contributed by atoms with Gasteiger partial charge in [0.25, 0.3) is 0 Å². The minimum atomic E-state index is 0.688. The van der Waals surface area contributed by atoms with E-state index >= 15 is 0 Å². The first kappa shape index (κ1) is 18.9. The lowest BCUT2D eigenvalue weighted by Gasteiger charge is -2.36. The van der Waals surface area contributed by atoms with E-state index in [0.717, 1.165) is 56.8 Å². The highest BCUT2D eigenvalue weighted by atomic mass is 16.5. The molecule has 27 heavy (non-hydrogen) atoms. The van der Waals surface area contributed by atoms with Crippen molar-refractivity contribution in [3.63, 3.8) is 0 Å². The monoisotopic (exact) mass is 368 g/mol. The molecule has 0 aliphatic carbocycles. The number of para-hydroxylation sites is 1. The predicted octanol–water partition coefficient (Wildman–Crippen LogP) is 1.95. The highest BCUT2D eigenvalue weighted by Crippen LogP contribution is 2.16. The van der Waals surface area contributed by atoms with Gasteiger partial charge in [-0.1, -0.05) is 18.2 Å². The Morgan fingerprint density at radius 1 is 1.11 bits per heavy atom. The number of ether oxygens (including phenoxy) is 1. The maximum atomic E-state index is 5.85. The lowest BCUT2D eigenvalue weighted by Crippen LogP contribution is -2.53. The summed E-state index contributed by atoms with van der Waals surface area (Å²) in [5.74, 6) is 2.70. The Balaban J connectivity index is 1.38. The summed E-state index contributed by atoms with van der Waals surface area (Å²) in [5.41, 5.74) is 1.17. The lowest BCUT2D eigenvalue weighted by atomic mass is 10.2. The molecular weight excluding hydrogens is 340 g/mol. The molecule has 0 unspecified atom stereocenters. The van der Waals surface area contributed by atoms with Gasteiger partial charge in [-0.3, -0.25) is 4.99 Å². The van der Waals surface area contributed by atoms with Crippen LogP contribution in [0.1, 0.15) is 12.0 Å². The summed E-state index contributed by atoms with van der Waals surface area (Å²) in [6.45, 7) is 7.17. The van der Waals surface area contributed by atoms with Crippen molar-refractivity contribution in [3.8, 4) is 5.75 Å². The second-order valence-corrected chi connectivity index (χ2v) is 6.46. The Bertz CT molecular complexity index is 728. The van der Waals surface area contributed by atoms with Crippen molar-refractivity contribution >= 4 is 11.9 Å². The van der Waals surface area contributed by atoms with Crippen LogP contribution in [-0.2, 0) is 0 Å². The van der Waals surface area contributed by atoms with Crippen molar-refractivity contribution in [1.82, 2.24) is 20.2 Å². The van der Waals surface area contributed by atoms with Crippen molar-refractivity contribution < 1.29 is 4.74 Å². The van der Waals surface area contributed by atoms with Crippen LogP contribution < -0.4 is 15.0 Å². The van der Waals surface area contributed by atoms with Gasteiger partial charge in [0.1, 0.15) is 5.75 Å². The number of aromatic nitrogens is 2. The number of benzene rings is 1. The van der Waals surface area contributed by atoms with Crippen LogP contribution in [0.4, 0.5) is 5.95 Å². The molecule has 1 fully saturated rings. The molecule has 1 saturated heterocycles. The summed E-state index contributed by atoms with van der Waals surface area (Å²) >= 11 is 0. The van der Waals surface area contributed by atoms with Gasteiger partial charge in [-0.15, -0.1) is 0 Å². The van der Waals surface area contributed by atoms with Crippen molar-refractivity contribution in [2.45, 2.75) is 13.3 Å². The van der Waals surface area contributed by atoms with Gasteiger partial charge < -0.3 is 19.9 Å². The maximum absolute atomic E-state index is 5.85. The van der Waals surface area contributed by atoms with E-state index < -0.39 is 0 Å². The Kier molecular flexibility index (Phi) is 6.84. The van der Waals surface area contributed by atoms with Crippen LogP contribution in [0.25, 0.3) is 0 Å². The van der Waals surface area contributed by atoms with Crippen LogP contribution in [0.2, 0.25) is 0 Å². The summed E-state index contributed by atoms with van der Waals surface area (Å²) in [6.07, 6.45) is 4.49. The van der Waals surface area contributed by atoms with Crippen LogP contribution >= 0.6 is 0 Å². The predicted molar refractivity (Wildman–Crippen MR) is 108 cm³/mol. The van der Waals surface area contributed by atoms with Crippen LogP contribution in [0.5, 0.6) is 5.75 Å². The molecule has 1 aromatic carbocycles. The standard InChI is InChI=1S/C20H28N6O/c1-17-7-3-4-8-18(17)27-16-6-11-22-19(21-2)25-12-14-26(15-13-25)20-23-9-5-10-24-20/h3-5,7-10H,6,11-16H2,1-2H3,(H,21,22). The van der Waals surface area contributed by atoms with E-state index in [9.17, 15) is 0 Å². The molecular formula is C20H28N6O. The number of rotatable bonds is 6. The summed E-state index contributed by atoms with van der Waals surface area (Å²) in [7, 11) is 1.83. The number of aliphatic imine (C=N–C) groups is 1. The minimum Gasteiger partial charge on any atom is -0.493 e. The number of guanidine groups is 1. The van der Waals surface area contributed by atoms with Gasteiger partial charge in [0.15, 0.2) is 5.96 Å². The molecule has 7 nitrogen and oxygen atoms in total.